The summed E-state index contributed by atoms with van der Waals surface area (Å²) in [6.07, 6.45) is 2.15. The minimum atomic E-state index is -4.27. The zero-order chi connectivity index (χ0) is 52.4. The number of halogens is 6. The Balaban J connectivity index is -0.0000000839. The molecule has 0 aliphatic rings. The lowest BCUT2D eigenvalue weighted by Gasteiger charge is -2.36. The fraction of sp³-hybridized carbons (Fsp3) is 0.729. The maximum absolute atomic E-state index is 10.4. The number of nitriles is 4. The summed E-state index contributed by atoms with van der Waals surface area (Å²) in [5.74, 6) is 0. The Morgan fingerprint density at radius 1 is 0.472 bits per heavy atom. The van der Waals surface area contributed by atoms with Crippen LogP contribution in [0.4, 0.5) is 0 Å². The molecule has 0 unspecified atom stereocenters. The van der Waals surface area contributed by atoms with E-state index in [0.717, 1.165) is 106 Å². The van der Waals surface area contributed by atoms with E-state index in [1.807, 2.05) is 56.3 Å². The molecule has 17 nitrogen and oxygen atoms in total. The van der Waals surface area contributed by atoms with Gasteiger partial charge in [-0.1, -0.05) is 17.7 Å². The van der Waals surface area contributed by atoms with Crippen molar-refractivity contribution in [3.05, 3.63) is 64.1 Å². The topological polar surface area (TPSA) is 165 Å². The van der Waals surface area contributed by atoms with E-state index in [1.54, 1.807) is 12.1 Å². The van der Waals surface area contributed by atoms with Crippen LogP contribution in [0.3, 0.4) is 0 Å². The summed E-state index contributed by atoms with van der Waals surface area (Å²) in [5.41, 5.74) is 0.928. The van der Waals surface area contributed by atoms with Crippen molar-refractivity contribution in [3.8, 4) is 24.3 Å². The van der Waals surface area contributed by atoms with E-state index in [4.69, 9.17) is 40.8 Å². The Morgan fingerprint density at radius 3 is 1.08 bits per heavy atom. The summed E-state index contributed by atoms with van der Waals surface area (Å²) in [4.78, 5) is 10.3. The third kappa shape index (κ3) is 50.5. The molecule has 0 spiro atoms. The van der Waals surface area contributed by atoms with Crippen molar-refractivity contribution < 1.29 is 119 Å². The molecule has 0 amide bonds. The second kappa shape index (κ2) is 46.5. The van der Waals surface area contributed by atoms with Gasteiger partial charge < -0.3 is 96.9 Å². The lowest BCUT2D eigenvalue weighted by atomic mass is 10.2. The monoisotopic (exact) mass is 1150 g/mol. The van der Waals surface area contributed by atoms with E-state index in [9.17, 15) is 13.0 Å². The number of nitrogens with zero attached hydrogens (tertiary/aromatic N) is 14. The quantitative estimate of drug-likeness (QED) is 0.0455. The Morgan fingerprint density at radius 2 is 0.778 bits per heavy atom. The largest absolute Gasteiger partial charge is 1.00 e. The molecule has 0 aliphatic carbocycles. The van der Waals surface area contributed by atoms with Crippen LogP contribution in [0.1, 0.15) is 46.1 Å². The molecule has 0 saturated carbocycles. The standard InChI is InChI=1S/C15H30N4.C11H22N4.C10H20N4.C7H8O3S.C5H11N2.6ClH/c1-6-18(7-2,14-11-16)12-10-13-19(8-3,9-4)15-17-5;1-13-11-15(4,5)9-6-8-14(2,3)10-7-12;1-12-10-14(4,5)9-8-13(2,3)7-6-11;1-6-2-4-7(5-3-6)11(8,9)10;1-7(2,3)5-4-6;;;;;;/h6-10,12-15H2,1-4H3;6,8-11H2,2-5H3;7-10H2,2-5H3;2-5H,1H3,(H,8,9,10);5H2,1-3H3;6*1H/q3*+2;;+1;;;;;;/p-7. The summed E-state index contributed by atoms with van der Waals surface area (Å²) in [7, 11) is 18.2. The average Bonchev–Trinajstić information content (AvgIpc) is 3.19. The Kier molecular flexibility index (Phi) is 59.3. The van der Waals surface area contributed by atoms with Crippen molar-refractivity contribution in [1.82, 2.24) is 0 Å². The first-order valence-corrected chi connectivity index (χ1v) is 24.0. The highest BCUT2D eigenvalue weighted by molar-refractivity contribution is 7.85. The van der Waals surface area contributed by atoms with Gasteiger partial charge in [0.2, 0.25) is 0 Å². The molecule has 0 fully saturated rings. The molecule has 0 aromatic heterocycles. The van der Waals surface area contributed by atoms with Crippen molar-refractivity contribution >= 4 is 10.1 Å². The third-order valence-electron chi connectivity index (χ3n) is 11.3. The first-order valence-electron chi connectivity index (χ1n) is 22.6. The molecule has 1 rings (SSSR count). The smallest absolute Gasteiger partial charge is 0.339 e. The summed E-state index contributed by atoms with van der Waals surface area (Å²) >= 11 is 0. The normalized spacial score (nSPS) is 10.7. The van der Waals surface area contributed by atoms with Crippen molar-refractivity contribution in [2.24, 2.45) is 0 Å². The van der Waals surface area contributed by atoms with Crippen molar-refractivity contribution in [2.45, 2.75) is 52.4 Å². The molecule has 0 aliphatic heterocycles. The average molecular weight is 1160 g/mol. The van der Waals surface area contributed by atoms with E-state index in [2.05, 4.69) is 94.7 Å². The van der Waals surface area contributed by atoms with Gasteiger partial charge in [0.1, 0.15) is 47.5 Å². The molecule has 0 bridgehead atoms. The van der Waals surface area contributed by atoms with Gasteiger partial charge in [0, 0.05) is 12.8 Å². The maximum atomic E-state index is 10.4. The number of rotatable bonds is 23. The highest BCUT2D eigenvalue weighted by Gasteiger charge is 2.29. The molecule has 0 heterocycles. The molecule has 0 radical (unpaired) electrons. The van der Waals surface area contributed by atoms with Crippen LogP contribution in [0.5, 0.6) is 0 Å². The fourth-order valence-electron chi connectivity index (χ4n) is 6.15. The predicted molar refractivity (Wildman–Crippen MR) is 263 cm³/mol. The zero-order valence-electron chi connectivity index (χ0n) is 46.4. The van der Waals surface area contributed by atoms with Crippen molar-refractivity contribution in [3.63, 3.8) is 0 Å². The molecule has 0 N–H and O–H groups in total. The Hall–Kier alpha value is -2.98. The molecule has 24 heteroatoms. The molecular formula is C48H90Cl6N14O3S. The number of aryl methyl sites for hydroxylation is 1. The fourth-order valence-corrected chi connectivity index (χ4v) is 6.61. The number of hydrogen-bond donors (Lipinski definition) is 0. The van der Waals surface area contributed by atoms with E-state index < -0.39 is 10.1 Å². The maximum Gasteiger partial charge on any atom is 0.339 e. The van der Waals surface area contributed by atoms with Crippen LogP contribution >= 0.6 is 0 Å². The third-order valence-corrected chi connectivity index (χ3v) is 12.2. The van der Waals surface area contributed by atoms with Gasteiger partial charge in [-0.15, -0.1) is 0 Å². The van der Waals surface area contributed by atoms with Crippen LogP contribution in [0.25, 0.3) is 14.5 Å². The minimum Gasteiger partial charge on any atom is -1.00 e. The second-order valence-electron chi connectivity index (χ2n) is 20.5. The molecule has 0 atom stereocenters. The van der Waals surface area contributed by atoms with Crippen LogP contribution < -0.4 is 74.4 Å². The molecule has 72 heavy (non-hydrogen) atoms. The van der Waals surface area contributed by atoms with Crippen LogP contribution in [0.15, 0.2) is 29.2 Å². The van der Waals surface area contributed by atoms with Crippen LogP contribution in [0, 0.1) is 72.0 Å². The van der Waals surface area contributed by atoms with Crippen LogP contribution in [0.2, 0.25) is 0 Å². The van der Waals surface area contributed by atoms with Gasteiger partial charge >= 0.3 is 20.0 Å². The highest BCUT2D eigenvalue weighted by atomic mass is 35.5. The lowest BCUT2D eigenvalue weighted by Crippen LogP contribution is -3.00. The van der Waals surface area contributed by atoms with Crippen LogP contribution in [-0.2, 0) is 10.1 Å². The molecular weight excluding hydrogens is 1070 g/mol. The van der Waals surface area contributed by atoms with Gasteiger partial charge in [-0.3, -0.25) is 28.0 Å². The van der Waals surface area contributed by atoms with E-state index in [1.165, 1.54) is 12.1 Å². The van der Waals surface area contributed by atoms with E-state index in [0.29, 0.717) is 55.2 Å². The van der Waals surface area contributed by atoms with E-state index >= 15 is 0 Å². The summed E-state index contributed by atoms with van der Waals surface area (Å²) < 4.78 is 36.6. The molecule has 1 aromatic rings. The lowest BCUT2D eigenvalue weighted by molar-refractivity contribution is -0.940. The first-order chi connectivity index (χ1) is 30.3. The highest BCUT2D eigenvalue weighted by Crippen LogP contribution is 2.13. The van der Waals surface area contributed by atoms with E-state index in [-0.39, 0.29) is 79.3 Å². The van der Waals surface area contributed by atoms with Gasteiger partial charge in [-0.2, -0.15) is 21.0 Å². The minimum absolute atomic E-state index is 0. The van der Waals surface area contributed by atoms with Gasteiger partial charge in [-0.25, -0.2) is 28.1 Å². The zero-order valence-corrected chi connectivity index (χ0v) is 51.8. The SMILES string of the molecule is C[N+](C)(C)CC#N.Cc1ccc(S(=O)(=O)[O-])cc1.[C-]#[N+]C[N+](C)(C)CCC[N+](C)(C)CC#N.[C-]#[N+]C[N+](C)(C)CC[N+](C)(C)CC#N.[C-]#[N+]C[N+](CC)(CC)CCC[N+](CC)(CC)CC#N.[Cl-].[Cl-].[Cl-].[Cl-].[Cl-].[Cl-]. The van der Waals surface area contributed by atoms with Crippen molar-refractivity contribution in [1.29, 1.82) is 21.0 Å². The molecule has 1 aromatic carbocycles. The van der Waals surface area contributed by atoms with Crippen molar-refractivity contribution in [2.75, 3.05) is 189 Å². The summed E-state index contributed by atoms with van der Waals surface area (Å²) in [6.45, 7) is 45.2. The first kappa shape index (κ1) is 91.7. The summed E-state index contributed by atoms with van der Waals surface area (Å²) in [6, 6.07) is 14.6. The van der Waals surface area contributed by atoms with Gasteiger partial charge in [0.15, 0.2) is 26.2 Å². The molecule has 418 valence electrons. The van der Waals surface area contributed by atoms with Crippen LogP contribution in [-0.4, -0.2) is 234 Å². The number of likely N-dealkylation sites (N-methyl/N-ethyl adjacent to an activating group) is 2. The van der Waals surface area contributed by atoms with Gasteiger partial charge in [0.25, 0.3) is 0 Å². The molecule has 0 saturated heterocycles. The number of benzene rings is 1. The Labute approximate surface area is 476 Å². The number of quaternary nitrogens is 7. The Bertz CT molecular complexity index is 1840. The second-order valence-corrected chi connectivity index (χ2v) is 21.8. The predicted octanol–water partition coefficient (Wildman–Crippen LogP) is -12.9. The van der Waals surface area contributed by atoms with Gasteiger partial charge in [0.05, 0.1) is 135 Å². The summed E-state index contributed by atoms with van der Waals surface area (Å²) in [5, 5.41) is 34.4. The van der Waals surface area contributed by atoms with Gasteiger partial charge in [-0.05, 0) is 46.8 Å². The number of hydrogen-bond acceptors (Lipinski definition) is 7.